The summed E-state index contributed by atoms with van der Waals surface area (Å²) in [6, 6.07) is 6.55. The Labute approximate surface area is 210 Å². The number of alkyl halides is 3. The van der Waals surface area contributed by atoms with Gasteiger partial charge in [-0.1, -0.05) is 23.7 Å². The Morgan fingerprint density at radius 2 is 1.77 bits per heavy atom. The Morgan fingerprint density at radius 3 is 2.37 bits per heavy atom. The van der Waals surface area contributed by atoms with Gasteiger partial charge in [-0.05, 0) is 42.7 Å². The van der Waals surface area contributed by atoms with E-state index in [0.29, 0.717) is 16.7 Å². The van der Waals surface area contributed by atoms with Gasteiger partial charge in [0.1, 0.15) is 5.82 Å². The number of carbonyl (C=O) groups excluding carboxylic acids is 2. The summed E-state index contributed by atoms with van der Waals surface area (Å²) < 4.78 is 77.3. The number of Topliss-reactive ketones (excluding diaryl/α,β-unsaturated/α-hetero) is 1. The van der Waals surface area contributed by atoms with Gasteiger partial charge in [0.2, 0.25) is 5.91 Å². The highest BCUT2D eigenvalue weighted by Crippen LogP contribution is 2.34. The SMILES string of the molecule is Cl.N[C@H]1CS(=O)(=O)c2cc(F)c(C(=O)CCCCC(F)(F)F)cc2N(Cc2ccc(Cl)cc2)C1=O. The Morgan fingerprint density at radius 1 is 1.14 bits per heavy atom. The predicted octanol–water partition coefficient (Wildman–Crippen LogP) is 4.85. The molecular formula is C22H22Cl2F4N2O4S. The van der Waals surface area contributed by atoms with Crippen molar-refractivity contribution in [3.8, 4) is 0 Å². The summed E-state index contributed by atoms with van der Waals surface area (Å²) in [6.07, 6.45) is -6.26. The standard InChI is InChI=1S/C22H21ClF4N2O4S.ClH/c23-14-6-4-13(5-7-14)11-29-18-9-15(19(30)3-1-2-8-22(25,26)27)16(24)10-20(18)34(32,33)12-17(28)21(29)31;/h4-7,9-10,17H,1-3,8,11-12,28H2;1H/t17-;/m0./s1. The number of unbranched alkanes of at least 4 members (excludes halogenated alkanes) is 1. The van der Waals surface area contributed by atoms with Crippen molar-refractivity contribution in [3.05, 3.63) is 58.4 Å². The van der Waals surface area contributed by atoms with Crippen LogP contribution in [0.3, 0.4) is 0 Å². The van der Waals surface area contributed by atoms with E-state index in [0.717, 1.165) is 11.0 Å². The Bertz CT molecular complexity index is 1210. The van der Waals surface area contributed by atoms with E-state index < -0.39 is 62.2 Å². The van der Waals surface area contributed by atoms with Crippen molar-refractivity contribution < 1.29 is 35.6 Å². The normalized spacial score (nSPS) is 17.4. The van der Waals surface area contributed by atoms with Gasteiger partial charge in [-0.2, -0.15) is 13.2 Å². The van der Waals surface area contributed by atoms with Crippen LogP contribution >= 0.6 is 24.0 Å². The molecule has 0 saturated heterocycles. The number of nitrogens with two attached hydrogens (primary N) is 1. The van der Waals surface area contributed by atoms with E-state index in [1.807, 2.05) is 0 Å². The van der Waals surface area contributed by atoms with Crippen molar-refractivity contribution in [2.75, 3.05) is 10.7 Å². The molecule has 1 heterocycles. The molecule has 1 aliphatic heterocycles. The first-order valence-electron chi connectivity index (χ1n) is 10.3. The number of hydrogen-bond acceptors (Lipinski definition) is 5. The second kappa shape index (κ2) is 11.2. The summed E-state index contributed by atoms with van der Waals surface area (Å²) in [7, 11) is -4.18. The zero-order valence-electron chi connectivity index (χ0n) is 18.1. The molecule has 0 aromatic heterocycles. The summed E-state index contributed by atoms with van der Waals surface area (Å²) in [5.74, 6) is -3.43. The van der Waals surface area contributed by atoms with Gasteiger partial charge in [0.05, 0.1) is 34.5 Å². The van der Waals surface area contributed by atoms with Gasteiger partial charge in [0, 0.05) is 17.9 Å². The van der Waals surface area contributed by atoms with E-state index in [9.17, 15) is 35.6 Å². The molecule has 0 unspecified atom stereocenters. The second-order valence-electron chi connectivity index (χ2n) is 7.98. The molecule has 6 nitrogen and oxygen atoms in total. The summed E-state index contributed by atoms with van der Waals surface area (Å²) in [5, 5.41) is 0.436. The van der Waals surface area contributed by atoms with E-state index in [2.05, 4.69) is 0 Å². The number of halogens is 6. The van der Waals surface area contributed by atoms with Gasteiger partial charge in [0.15, 0.2) is 15.6 Å². The van der Waals surface area contributed by atoms with Gasteiger partial charge in [-0.25, -0.2) is 12.8 Å². The molecule has 0 radical (unpaired) electrons. The summed E-state index contributed by atoms with van der Waals surface area (Å²) in [5.41, 5.74) is 5.65. The summed E-state index contributed by atoms with van der Waals surface area (Å²) in [6.45, 7) is -0.128. The number of fused-ring (bicyclic) bond motifs is 1. The van der Waals surface area contributed by atoms with E-state index in [1.165, 1.54) is 0 Å². The first-order valence-corrected chi connectivity index (χ1v) is 12.3. The highest BCUT2D eigenvalue weighted by atomic mass is 35.5. The predicted molar refractivity (Wildman–Crippen MR) is 125 cm³/mol. The van der Waals surface area contributed by atoms with Crippen LogP contribution in [0.4, 0.5) is 23.2 Å². The minimum atomic E-state index is -4.37. The lowest BCUT2D eigenvalue weighted by atomic mass is 10.0. The van der Waals surface area contributed by atoms with Crippen molar-refractivity contribution in [1.82, 2.24) is 0 Å². The third-order valence-corrected chi connectivity index (χ3v) is 7.37. The van der Waals surface area contributed by atoms with E-state index in [4.69, 9.17) is 17.3 Å². The number of carbonyl (C=O) groups is 2. The van der Waals surface area contributed by atoms with Crippen LogP contribution in [-0.4, -0.2) is 38.1 Å². The van der Waals surface area contributed by atoms with Crippen molar-refractivity contribution in [3.63, 3.8) is 0 Å². The van der Waals surface area contributed by atoms with E-state index in [-0.39, 0.29) is 43.9 Å². The first-order chi connectivity index (χ1) is 15.8. The molecule has 13 heteroatoms. The largest absolute Gasteiger partial charge is 0.389 e. The summed E-state index contributed by atoms with van der Waals surface area (Å²) >= 11 is 5.88. The highest BCUT2D eigenvalue weighted by molar-refractivity contribution is 7.91. The highest BCUT2D eigenvalue weighted by Gasteiger charge is 2.37. The third kappa shape index (κ3) is 7.16. The number of anilines is 1. The lowest BCUT2D eigenvalue weighted by Gasteiger charge is -2.25. The van der Waals surface area contributed by atoms with Crippen LogP contribution in [-0.2, 0) is 21.2 Å². The van der Waals surface area contributed by atoms with E-state index >= 15 is 0 Å². The fraction of sp³-hybridized carbons (Fsp3) is 0.364. The minimum Gasteiger partial charge on any atom is -0.319 e. The number of amides is 1. The number of ketones is 1. The van der Waals surface area contributed by atoms with Gasteiger partial charge < -0.3 is 10.6 Å². The number of benzene rings is 2. The van der Waals surface area contributed by atoms with Gasteiger partial charge in [-0.15, -0.1) is 12.4 Å². The molecule has 0 fully saturated rings. The molecule has 192 valence electrons. The molecule has 2 aromatic carbocycles. The van der Waals surface area contributed by atoms with Gasteiger partial charge >= 0.3 is 6.18 Å². The van der Waals surface area contributed by atoms with Crippen LogP contribution in [0.2, 0.25) is 5.02 Å². The lowest BCUT2D eigenvalue weighted by molar-refractivity contribution is -0.135. The first kappa shape index (κ1) is 29.0. The molecule has 0 bridgehead atoms. The molecule has 0 spiro atoms. The van der Waals surface area contributed by atoms with Crippen LogP contribution in [0.15, 0.2) is 41.3 Å². The smallest absolute Gasteiger partial charge is 0.319 e. The van der Waals surface area contributed by atoms with Gasteiger partial charge in [0.25, 0.3) is 0 Å². The van der Waals surface area contributed by atoms with Crippen LogP contribution in [0.5, 0.6) is 0 Å². The van der Waals surface area contributed by atoms with Crippen LogP contribution in [0.25, 0.3) is 0 Å². The molecule has 1 atom stereocenters. The van der Waals surface area contributed by atoms with Crippen LogP contribution < -0.4 is 10.6 Å². The van der Waals surface area contributed by atoms with E-state index in [1.54, 1.807) is 24.3 Å². The maximum atomic E-state index is 14.8. The molecule has 2 N–H and O–H groups in total. The molecule has 3 rings (SSSR count). The molecule has 1 aliphatic rings. The molecule has 0 saturated carbocycles. The number of rotatable bonds is 7. The minimum absolute atomic E-state index is 0. The van der Waals surface area contributed by atoms with Crippen molar-refractivity contribution in [2.45, 2.75) is 49.3 Å². The molecule has 2 aromatic rings. The lowest BCUT2D eigenvalue weighted by Crippen LogP contribution is -2.45. The fourth-order valence-electron chi connectivity index (χ4n) is 3.61. The third-order valence-electron chi connectivity index (χ3n) is 5.33. The molecule has 0 aliphatic carbocycles. The molecule has 35 heavy (non-hydrogen) atoms. The molecular weight excluding hydrogens is 535 g/mol. The molecule has 1 amide bonds. The Kier molecular flexibility index (Phi) is 9.32. The maximum Gasteiger partial charge on any atom is 0.389 e. The fourth-order valence-corrected chi connectivity index (χ4v) is 5.31. The average molecular weight is 557 g/mol. The van der Waals surface area contributed by atoms with Crippen molar-refractivity contribution >= 4 is 51.2 Å². The zero-order chi connectivity index (χ0) is 25.3. The quantitative estimate of drug-likeness (QED) is 0.298. The average Bonchev–Trinajstić information content (AvgIpc) is 2.80. The zero-order valence-corrected chi connectivity index (χ0v) is 20.5. The Hall–Kier alpha value is -2.21. The topological polar surface area (TPSA) is 97.5 Å². The monoisotopic (exact) mass is 556 g/mol. The Balaban J connectivity index is 0.00000432. The maximum absolute atomic E-state index is 14.8. The summed E-state index contributed by atoms with van der Waals surface area (Å²) in [4.78, 5) is 26.1. The number of hydrogen-bond donors (Lipinski definition) is 1. The number of sulfone groups is 1. The number of nitrogens with zero attached hydrogens (tertiary/aromatic N) is 1. The van der Waals surface area contributed by atoms with Gasteiger partial charge in [-0.3, -0.25) is 9.59 Å². The van der Waals surface area contributed by atoms with Crippen molar-refractivity contribution in [1.29, 1.82) is 0 Å². The van der Waals surface area contributed by atoms with Crippen LogP contribution in [0, 0.1) is 5.82 Å². The van der Waals surface area contributed by atoms with Crippen molar-refractivity contribution in [2.24, 2.45) is 5.73 Å². The van der Waals surface area contributed by atoms with Crippen LogP contribution in [0.1, 0.15) is 41.6 Å². The second-order valence-corrected chi connectivity index (χ2v) is 10.4.